The third-order valence-electron chi connectivity index (χ3n) is 3.84. The molecule has 10 nitrogen and oxygen atoms in total. The average Bonchev–Trinajstić information content (AvgIpc) is 2.92. The molecule has 0 bridgehead atoms. The quantitative estimate of drug-likeness (QED) is 0.295. The van der Waals surface area contributed by atoms with Crippen LogP contribution in [0.3, 0.4) is 0 Å². The van der Waals surface area contributed by atoms with Crippen molar-refractivity contribution in [2.24, 2.45) is 0 Å². The van der Waals surface area contributed by atoms with Gasteiger partial charge in [-0.25, -0.2) is 38.6 Å². The molecule has 0 aliphatic carbocycles. The zero-order valence-electron chi connectivity index (χ0n) is 19.8. The molecule has 0 radical (unpaired) electrons. The molecule has 2 N–H and O–H groups in total. The Hall–Kier alpha value is -3.93. The molecule has 0 unspecified atom stereocenters. The predicted octanol–water partition coefficient (Wildman–Crippen LogP) is 1.37. The number of anilines is 4. The number of benzene rings is 1. The maximum absolute atomic E-state index is 8.49. The number of aromatic nitrogens is 4. The summed E-state index contributed by atoms with van der Waals surface area (Å²) in [5.41, 5.74) is 0. The summed E-state index contributed by atoms with van der Waals surface area (Å²) in [6, 6.07) is 34.8. The zero-order chi connectivity index (χ0) is 26.6. The van der Waals surface area contributed by atoms with Gasteiger partial charge in [-0.2, -0.15) is 0 Å². The van der Waals surface area contributed by atoms with E-state index in [4.69, 9.17) is 18.6 Å². The SMILES string of the molecule is [Cu+].[O-][Cl+3]([O-])([O-])[O-].c1ccc(Nc2ccccn2)nc1.c1ccc(Nc2ccccn2)nc1.c1ccccc1. The summed E-state index contributed by atoms with van der Waals surface area (Å²) in [6.45, 7) is 0. The Bertz CT molecular complexity index is 1030. The molecule has 0 amide bonds. The van der Waals surface area contributed by atoms with Gasteiger partial charge in [0.2, 0.25) is 0 Å². The molecule has 4 aromatic heterocycles. The van der Waals surface area contributed by atoms with Gasteiger partial charge in [-0.3, -0.25) is 0 Å². The van der Waals surface area contributed by atoms with Gasteiger partial charge in [-0.05, 0) is 48.5 Å². The molecule has 4 heterocycles. The summed E-state index contributed by atoms with van der Waals surface area (Å²) in [7, 11) is -4.94. The number of hydrogen-bond acceptors (Lipinski definition) is 10. The van der Waals surface area contributed by atoms with Crippen LogP contribution in [0.15, 0.2) is 134 Å². The van der Waals surface area contributed by atoms with Crippen LogP contribution in [0.5, 0.6) is 0 Å². The smallest absolute Gasteiger partial charge is 0.325 e. The largest absolute Gasteiger partial charge is 1.00 e. The zero-order valence-corrected chi connectivity index (χ0v) is 21.5. The van der Waals surface area contributed by atoms with Crippen LogP contribution in [-0.2, 0) is 17.1 Å². The summed E-state index contributed by atoms with van der Waals surface area (Å²) < 4.78 is 34.0. The van der Waals surface area contributed by atoms with Crippen LogP contribution < -0.4 is 29.3 Å². The van der Waals surface area contributed by atoms with Crippen molar-refractivity contribution in [3.8, 4) is 0 Å². The molecule has 5 aromatic rings. The second-order valence-corrected chi connectivity index (χ2v) is 7.40. The minimum atomic E-state index is -4.94. The summed E-state index contributed by atoms with van der Waals surface area (Å²) in [5, 5.41) is 6.16. The van der Waals surface area contributed by atoms with Gasteiger partial charge >= 0.3 is 17.1 Å². The van der Waals surface area contributed by atoms with E-state index >= 15 is 0 Å². The van der Waals surface area contributed by atoms with Crippen molar-refractivity contribution in [2.75, 3.05) is 10.6 Å². The third kappa shape index (κ3) is 17.5. The van der Waals surface area contributed by atoms with E-state index in [1.54, 1.807) is 24.8 Å². The van der Waals surface area contributed by atoms with Crippen molar-refractivity contribution in [2.45, 2.75) is 0 Å². The van der Waals surface area contributed by atoms with E-state index in [0.29, 0.717) is 0 Å². The Morgan fingerprint density at radius 3 is 0.763 bits per heavy atom. The summed E-state index contributed by atoms with van der Waals surface area (Å²) in [6.07, 6.45) is 6.97. The van der Waals surface area contributed by atoms with Crippen LogP contribution in [0.4, 0.5) is 23.3 Å². The van der Waals surface area contributed by atoms with Crippen LogP contribution >= 0.6 is 0 Å². The first-order valence-corrected chi connectivity index (χ1v) is 11.9. The van der Waals surface area contributed by atoms with Gasteiger partial charge in [0.25, 0.3) is 0 Å². The van der Waals surface area contributed by atoms with E-state index < -0.39 is 10.2 Å². The Balaban J connectivity index is 0.000000271. The number of rotatable bonds is 4. The van der Waals surface area contributed by atoms with E-state index in [1.807, 2.05) is 109 Å². The van der Waals surface area contributed by atoms with Crippen molar-refractivity contribution in [3.63, 3.8) is 0 Å². The first-order chi connectivity index (χ1) is 17.9. The molecule has 0 aliphatic heterocycles. The van der Waals surface area contributed by atoms with Crippen LogP contribution in [0, 0.1) is 10.2 Å². The number of hydrogen-bond donors (Lipinski definition) is 2. The number of pyridine rings is 4. The normalized spacial score (nSPS) is 9.37. The van der Waals surface area contributed by atoms with Crippen LogP contribution in [0.25, 0.3) is 0 Å². The standard InChI is InChI=1S/2C10H9N3.C6H6.ClHO4.Cu/c2*1-3-7-11-9(5-1)13-10-6-2-4-8-12-10;1-2-4-6-5-3-1;2-1(3,4)5;/h2*1-8H,(H,11,12,13);1-6H;(H,2,3,4,5);/q;;;;+1/p-1. The molecule has 0 fully saturated rings. The fourth-order valence-electron chi connectivity index (χ4n) is 2.39. The maximum atomic E-state index is 8.49. The Kier molecular flexibility index (Phi) is 16.2. The van der Waals surface area contributed by atoms with Crippen LogP contribution in [0.2, 0.25) is 0 Å². The minimum absolute atomic E-state index is 0. The van der Waals surface area contributed by atoms with Gasteiger partial charge in [0.05, 0.1) is 0 Å². The molecule has 0 saturated heterocycles. The van der Waals surface area contributed by atoms with Gasteiger partial charge in [-0.15, -0.1) is 10.2 Å². The Morgan fingerprint density at radius 1 is 0.395 bits per heavy atom. The fourth-order valence-corrected chi connectivity index (χ4v) is 2.39. The second-order valence-electron chi connectivity index (χ2n) is 6.64. The molecule has 5 rings (SSSR count). The third-order valence-corrected chi connectivity index (χ3v) is 3.84. The Labute approximate surface area is 233 Å². The van der Waals surface area contributed by atoms with E-state index in [9.17, 15) is 0 Å². The Morgan fingerprint density at radius 2 is 0.605 bits per heavy atom. The van der Waals surface area contributed by atoms with Gasteiger partial charge in [0.15, 0.2) is 0 Å². The van der Waals surface area contributed by atoms with E-state index in [2.05, 4.69) is 30.6 Å². The van der Waals surface area contributed by atoms with Crippen LogP contribution in [0.1, 0.15) is 0 Å². The summed E-state index contributed by atoms with van der Waals surface area (Å²) in [4.78, 5) is 16.5. The second kappa shape index (κ2) is 19.2. The number of nitrogens with zero attached hydrogens (tertiary/aromatic N) is 4. The van der Waals surface area contributed by atoms with Crippen molar-refractivity contribution >= 4 is 23.3 Å². The fraction of sp³-hybridized carbons (Fsp3) is 0. The van der Waals surface area contributed by atoms with Gasteiger partial charge < -0.3 is 10.6 Å². The van der Waals surface area contributed by atoms with E-state index in [-0.39, 0.29) is 17.1 Å². The minimum Gasteiger partial charge on any atom is -0.325 e. The van der Waals surface area contributed by atoms with E-state index in [0.717, 1.165) is 23.3 Å². The molecule has 0 saturated carbocycles. The van der Waals surface area contributed by atoms with Crippen molar-refractivity contribution in [3.05, 3.63) is 134 Å². The molecule has 0 atom stereocenters. The molecule has 0 spiro atoms. The van der Waals surface area contributed by atoms with Crippen LogP contribution in [-0.4, -0.2) is 19.9 Å². The molecule has 12 heteroatoms. The predicted molar refractivity (Wildman–Crippen MR) is 130 cm³/mol. The first kappa shape index (κ1) is 32.1. The monoisotopic (exact) mass is 582 g/mol. The first-order valence-electron chi connectivity index (χ1n) is 10.7. The molecular formula is C26H24ClCuN6O4. The molecule has 38 heavy (non-hydrogen) atoms. The molecule has 1 aromatic carbocycles. The summed E-state index contributed by atoms with van der Waals surface area (Å²) >= 11 is 0. The van der Waals surface area contributed by atoms with Crippen molar-refractivity contribution < 1.29 is 45.9 Å². The number of halogens is 1. The molecular weight excluding hydrogens is 559 g/mol. The molecule has 0 aliphatic rings. The van der Waals surface area contributed by atoms with E-state index in [1.165, 1.54) is 0 Å². The van der Waals surface area contributed by atoms with Crippen molar-refractivity contribution in [1.82, 2.24) is 19.9 Å². The van der Waals surface area contributed by atoms with Gasteiger partial charge in [0.1, 0.15) is 23.3 Å². The van der Waals surface area contributed by atoms with Crippen molar-refractivity contribution in [1.29, 1.82) is 0 Å². The average molecular weight is 584 g/mol. The number of nitrogens with one attached hydrogen (secondary N) is 2. The van der Waals surface area contributed by atoms with Gasteiger partial charge in [0, 0.05) is 24.8 Å². The maximum Gasteiger partial charge on any atom is 1.00 e. The topological polar surface area (TPSA) is 168 Å². The summed E-state index contributed by atoms with van der Waals surface area (Å²) in [5.74, 6) is 3.23. The molecule has 200 valence electrons. The van der Waals surface area contributed by atoms with Gasteiger partial charge in [-0.1, -0.05) is 60.7 Å².